The van der Waals surface area contributed by atoms with Crippen LogP contribution in [-0.4, -0.2) is 18.0 Å². The summed E-state index contributed by atoms with van der Waals surface area (Å²) in [5.74, 6) is 0.257. The van der Waals surface area contributed by atoms with E-state index in [2.05, 4.69) is 5.32 Å². The van der Waals surface area contributed by atoms with Gasteiger partial charge < -0.3 is 11.1 Å². The fourth-order valence-electron chi connectivity index (χ4n) is 1.00. The summed E-state index contributed by atoms with van der Waals surface area (Å²) in [7, 11) is 0. The van der Waals surface area contributed by atoms with Crippen LogP contribution in [0.2, 0.25) is 0 Å². The molecule has 1 aliphatic heterocycles. The summed E-state index contributed by atoms with van der Waals surface area (Å²) in [5, 5.41) is 2.75. The molecule has 0 aliphatic carbocycles. The lowest BCUT2D eigenvalue weighted by Gasteiger charge is -2.08. The normalized spacial score (nSPS) is 43.0. The Balaban J connectivity index is 2.65. The van der Waals surface area contributed by atoms with Crippen molar-refractivity contribution in [2.75, 3.05) is 0 Å². The summed E-state index contributed by atoms with van der Waals surface area (Å²) in [6.45, 7) is 3.95. The van der Waals surface area contributed by atoms with Gasteiger partial charge in [0, 0.05) is 12.0 Å². The van der Waals surface area contributed by atoms with Gasteiger partial charge in [-0.05, 0) is 6.92 Å². The van der Waals surface area contributed by atoms with Crippen LogP contribution in [0.25, 0.3) is 0 Å². The van der Waals surface area contributed by atoms with E-state index >= 15 is 0 Å². The fourth-order valence-corrected chi connectivity index (χ4v) is 1.00. The highest BCUT2D eigenvalue weighted by atomic mass is 16.2. The predicted molar refractivity (Wildman–Crippen MR) is 34.7 cm³/mol. The third-order valence-corrected chi connectivity index (χ3v) is 2.03. The van der Waals surface area contributed by atoms with Crippen molar-refractivity contribution in [2.45, 2.75) is 25.9 Å². The lowest BCUT2D eigenvalue weighted by Crippen LogP contribution is -2.32. The molecule has 1 heterocycles. The van der Waals surface area contributed by atoms with Gasteiger partial charge in [0.25, 0.3) is 0 Å². The molecule has 0 aromatic carbocycles. The summed E-state index contributed by atoms with van der Waals surface area (Å²) in [6.07, 6.45) is 0. The Labute approximate surface area is 54.6 Å². The van der Waals surface area contributed by atoms with Crippen LogP contribution in [0.5, 0.6) is 0 Å². The molecule has 3 atom stereocenters. The highest BCUT2D eigenvalue weighted by Crippen LogP contribution is 2.13. The van der Waals surface area contributed by atoms with Crippen molar-refractivity contribution in [3.05, 3.63) is 0 Å². The predicted octanol–water partition coefficient (Wildman–Crippen LogP) is -0.532. The van der Waals surface area contributed by atoms with E-state index in [1.165, 1.54) is 0 Å². The van der Waals surface area contributed by atoms with Gasteiger partial charge in [0.15, 0.2) is 0 Å². The molecule has 1 saturated heterocycles. The van der Waals surface area contributed by atoms with Gasteiger partial charge in [-0.3, -0.25) is 4.79 Å². The minimum Gasteiger partial charge on any atom is -0.352 e. The first kappa shape index (κ1) is 6.55. The van der Waals surface area contributed by atoms with Gasteiger partial charge >= 0.3 is 0 Å². The maximum absolute atomic E-state index is 10.8. The van der Waals surface area contributed by atoms with E-state index in [4.69, 9.17) is 5.73 Å². The minimum absolute atomic E-state index is 0.0185. The molecule has 0 spiro atoms. The van der Waals surface area contributed by atoms with Crippen molar-refractivity contribution in [3.63, 3.8) is 0 Å². The fraction of sp³-hybridized carbons (Fsp3) is 0.833. The van der Waals surface area contributed by atoms with Crippen LogP contribution in [0.15, 0.2) is 0 Å². The number of hydrogen-bond donors (Lipinski definition) is 2. The lowest BCUT2D eigenvalue weighted by molar-refractivity contribution is -0.120. The monoisotopic (exact) mass is 128 g/mol. The lowest BCUT2D eigenvalue weighted by atomic mass is 10.0. The van der Waals surface area contributed by atoms with Crippen LogP contribution in [0, 0.1) is 5.92 Å². The Kier molecular flexibility index (Phi) is 1.45. The van der Waals surface area contributed by atoms with E-state index in [-0.39, 0.29) is 23.9 Å². The highest BCUT2D eigenvalue weighted by Gasteiger charge is 2.33. The topological polar surface area (TPSA) is 55.1 Å². The Morgan fingerprint density at radius 1 is 1.56 bits per heavy atom. The van der Waals surface area contributed by atoms with Crippen LogP contribution in [0.4, 0.5) is 0 Å². The smallest absolute Gasteiger partial charge is 0.237 e. The van der Waals surface area contributed by atoms with Crippen molar-refractivity contribution in [2.24, 2.45) is 11.7 Å². The molecule has 0 bridgehead atoms. The van der Waals surface area contributed by atoms with Gasteiger partial charge in [-0.25, -0.2) is 0 Å². The molecular formula is C6H12N2O. The Morgan fingerprint density at radius 2 is 2.11 bits per heavy atom. The van der Waals surface area contributed by atoms with Crippen LogP contribution in [0.3, 0.4) is 0 Å². The van der Waals surface area contributed by atoms with E-state index in [0.29, 0.717) is 0 Å². The van der Waals surface area contributed by atoms with E-state index in [0.717, 1.165) is 0 Å². The van der Waals surface area contributed by atoms with Crippen molar-refractivity contribution in [3.8, 4) is 0 Å². The molecule has 0 unspecified atom stereocenters. The zero-order valence-electron chi connectivity index (χ0n) is 5.72. The SMILES string of the molecule is C[C@H]1[C@H](C)NC(=O)[C@@H]1N. The summed E-state index contributed by atoms with van der Waals surface area (Å²) < 4.78 is 0. The van der Waals surface area contributed by atoms with Gasteiger partial charge in [0.2, 0.25) is 5.91 Å². The molecule has 1 amide bonds. The van der Waals surface area contributed by atoms with Crippen molar-refractivity contribution < 1.29 is 4.79 Å². The van der Waals surface area contributed by atoms with Crippen LogP contribution in [-0.2, 0) is 4.79 Å². The standard InChI is InChI=1S/C6H12N2O/c1-3-4(2)8-6(9)5(3)7/h3-5H,7H2,1-2H3,(H,8,9)/t3-,4-,5+/m0/s1. The molecule has 3 heteroatoms. The highest BCUT2D eigenvalue weighted by molar-refractivity contribution is 5.84. The van der Waals surface area contributed by atoms with E-state index in [9.17, 15) is 4.79 Å². The number of nitrogens with two attached hydrogens (primary N) is 1. The molecule has 52 valence electrons. The molecule has 0 saturated carbocycles. The molecule has 0 radical (unpaired) electrons. The van der Waals surface area contributed by atoms with E-state index < -0.39 is 0 Å². The van der Waals surface area contributed by atoms with Gasteiger partial charge in [0.05, 0.1) is 6.04 Å². The van der Waals surface area contributed by atoms with Crippen LogP contribution in [0.1, 0.15) is 13.8 Å². The van der Waals surface area contributed by atoms with Gasteiger partial charge in [-0.2, -0.15) is 0 Å². The molecule has 3 nitrogen and oxygen atoms in total. The van der Waals surface area contributed by atoms with Gasteiger partial charge in [-0.1, -0.05) is 6.92 Å². The summed E-state index contributed by atoms with van der Waals surface area (Å²) >= 11 is 0. The van der Waals surface area contributed by atoms with Crippen LogP contribution < -0.4 is 11.1 Å². The van der Waals surface area contributed by atoms with E-state index in [1.807, 2.05) is 13.8 Å². The van der Waals surface area contributed by atoms with Crippen molar-refractivity contribution >= 4 is 5.91 Å². The number of hydrogen-bond acceptors (Lipinski definition) is 2. The third kappa shape index (κ3) is 0.920. The molecule has 1 rings (SSSR count). The van der Waals surface area contributed by atoms with Crippen molar-refractivity contribution in [1.29, 1.82) is 0 Å². The Morgan fingerprint density at radius 3 is 2.22 bits per heavy atom. The largest absolute Gasteiger partial charge is 0.352 e. The van der Waals surface area contributed by atoms with Gasteiger partial charge in [0.1, 0.15) is 0 Å². The maximum Gasteiger partial charge on any atom is 0.237 e. The quantitative estimate of drug-likeness (QED) is 0.460. The molecule has 9 heavy (non-hydrogen) atoms. The molecule has 0 aromatic rings. The first-order chi connectivity index (χ1) is 4.13. The zero-order chi connectivity index (χ0) is 7.02. The summed E-state index contributed by atoms with van der Waals surface area (Å²) in [4.78, 5) is 10.8. The first-order valence-electron chi connectivity index (χ1n) is 3.19. The minimum atomic E-state index is -0.292. The summed E-state index contributed by atoms with van der Waals surface area (Å²) in [5.41, 5.74) is 5.50. The maximum atomic E-state index is 10.8. The Hall–Kier alpha value is -0.570. The number of rotatable bonds is 0. The second-order valence-electron chi connectivity index (χ2n) is 2.68. The van der Waals surface area contributed by atoms with E-state index in [1.54, 1.807) is 0 Å². The number of nitrogens with one attached hydrogen (secondary N) is 1. The molecule has 1 aliphatic rings. The average Bonchev–Trinajstić information content (AvgIpc) is 1.98. The third-order valence-electron chi connectivity index (χ3n) is 2.03. The number of amides is 1. The van der Waals surface area contributed by atoms with Gasteiger partial charge in [-0.15, -0.1) is 0 Å². The molecule has 3 N–H and O–H groups in total. The first-order valence-corrected chi connectivity index (χ1v) is 3.19. The Bertz CT molecular complexity index is 135. The molecular weight excluding hydrogens is 116 g/mol. The zero-order valence-corrected chi connectivity index (χ0v) is 5.72. The number of carbonyl (C=O) groups excluding carboxylic acids is 1. The van der Waals surface area contributed by atoms with Crippen LogP contribution >= 0.6 is 0 Å². The number of carbonyl (C=O) groups is 1. The molecule has 1 fully saturated rings. The average molecular weight is 128 g/mol. The summed E-state index contributed by atoms with van der Waals surface area (Å²) in [6, 6.07) is -0.0486. The second-order valence-corrected chi connectivity index (χ2v) is 2.68. The molecule has 0 aromatic heterocycles. The second kappa shape index (κ2) is 1.99. The van der Waals surface area contributed by atoms with Crippen molar-refractivity contribution in [1.82, 2.24) is 5.32 Å².